The second kappa shape index (κ2) is 7.65. The van der Waals surface area contributed by atoms with Crippen molar-refractivity contribution in [3.63, 3.8) is 0 Å². The van der Waals surface area contributed by atoms with E-state index in [1.54, 1.807) is 16.6 Å². The first-order chi connectivity index (χ1) is 16.4. The lowest BCUT2D eigenvalue weighted by Crippen LogP contribution is -2.50. The molecule has 2 aliphatic heterocycles. The standard InChI is InChI=1S/C25H20F3N5O/c1-32-24(13-7-14(26)9-15(27)8-13)18-10-16-3-2-4-22(23(18)31-32)33(16)25(34)17-11-20-21(12-19(17)28)30-6-5-29-20/h5-9,11-12,16,22H,2-4,10H2,1H3. The summed E-state index contributed by atoms with van der Waals surface area (Å²) in [6, 6.07) is 5.59. The summed E-state index contributed by atoms with van der Waals surface area (Å²) in [5, 5.41) is 4.67. The van der Waals surface area contributed by atoms with E-state index in [9.17, 15) is 18.0 Å². The quantitative estimate of drug-likeness (QED) is 0.431. The highest BCUT2D eigenvalue weighted by molar-refractivity contribution is 5.98. The summed E-state index contributed by atoms with van der Waals surface area (Å²) >= 11 is 0. The van der Waals surface area contributed by atoms with Gasteiger partial charge in [-0.3, -0.25) is 19.4 Å². The summed E-state index contributed by atoms with van der Waals surface area (Å²) in [6.45, 7) is 0. The van der Waals surface area contributed by atoms with Gasteiger partial charge in [0.15, 0.2) is 0 Å². The van der Waals surface area contributed by atoms with Gasteiger partial charge in [-0.05, 0) is 43.9 Å². The van der Waals surface area contributed by atoms with Gasteiger partial charge in [0.2, 0.25) is 0 Å². The zero-order chi connectivity index (χ0) is 23.6. The third-order valence-corrected chi connectivity index (χ3v) is 6.83. The largest absolute Gasteiger partial charge is 0.327 e. The van der Waals surface area contributed by atoms with Gasteiger partial charge in [0, 0.05) is 48.7 Å². The molecule has 2 atom stereocenters. The van der Waals surface area contributed by atoms with Crippen molar-refractivity contribution in [1.29, 1.82) is 0 Å². The molecule has 1 fully saturated rings. The van der Waals surface area contributed by atoms with Crippen LogP contribution in [0.15, 0.2) is 42.7 Å². The number of nitrogens with zero attached hydrogens (tertiary/aromatic N) is 5. The molecule has 4 aromatic rings. The zero-order valence-corrected chi connectivity index (χ0v) is 18.3. The summed E-state index contributed by atoms with van der Waals surface area (Å²) in [5.41, 5.74) is 3.42. The van der Waals surface area contributed by atoms with Gasteiger partial charge >= 0.3 is 0 Å². The Morgan fingerprint density at radius 2 is 1.68 bits per heavy atom. The fraction of sp³-hybridized carbons (Fsp3) is 0.280. The Hall–Kier alpha value is -3.75. The fourth-order valence-corrected chi connectivity index (χ4v) is 5.49. The second-order valence-electron chi connectivity index (χ2n) is 8.89. The van der Waals surface area contributed by atoms with Crippen LogP contribution in [0.5, 0.6) is 0 Å². The minimum absolute atomic E-state index is 0.0447. The van der Waals surface area contributed by atoms with Crippen LogP contribution in [0, 0.1) is 17.5 Å². The molecule has 2 aromatic heterocycles. The first-order valence-electron chi connectivity index (χ1n) is 11.2. The van der Waals surface area contributed by atoms with Gasteiger partial charge in [0.05, 0.1) is 34.0 Å². The fourth-order valence-electron chi connectivity index (χ4n) is 5.49. The minimum Gasteiger partial charge on any atom is -0.327 e. The van der Waals surface area contributed by atoms with E-state index in [1.807, 2.05) is 0 Å². The van der Waals surface area contributed by atoms with Gasteiger partial charge in [-0.2, -0.15) is 5.10 Å². The molecular weight excluding hydrogens is 443 g/mol. The maximum absolute atomic E-state index is 15.0. The van der Waals surface area contributed by atoms with Crippen molar-refractivity contribution >= 4 is 16.9 Å². The average molecular weight is 463 g/mol. The van der Waals surface area contributed by atoms with Crippen molar-refractivity contribution < 1.29 is 18.0 Å². The molecule has 2 aromatic carbocycles. The number of piperidine rings is 1. The van der Waals surface area contributed by atoms with E-state index >= 15 is 0 Å². The Morgan fingerprint density at radius 3 is 2.41 bits per heavy atom. The summed E-state index contributed by atoms with van der Waals surface area (Å²) in [7, 11) is 1.73. The van der Waals surface area contributed by atoms with E-state index in [2.05, 4.69) is 15.1 Å². The Morgan fingerprint density at radius 1 is 0.971 bits per heavy atom. The van der Waals surface area contributed by atoms with Crippen LogP contribution in [0.1, 0.15) is 46.9 Å². The van der Waals surface area contributed by atoms with E-state index in [-0.39, 0.29) is 17.6 Å². The van der Waals surface area contributed by atoms with Crippen molar-refractivity contribution in [3.8, 4) is 11.3 Å². The molecule has 1 saturated heterocycles. The third kappa shape index (κ3) is 3.18. The molecule has 6 nitrogen and oxygen atoms in total. The van der Waals surface area contributed by atoms with Gasteiger partial charge < -0.3 is 4.90 Å². The normalized spacial score (nSPS) is 19.4. The lowest BCUT2D eigenvalue weighted by Gasteiger charge is -2.45. The lowest BCUT2D eigenvalue weighted by molar-refractivity contribution is 0.0387. The molecule has 0 aliphatic carbocycles. The highest BCUT2D eigenvalue weighted by Gasteiger charge is 2.44. The molecule has 1 amide bonds. The molecule has 0 saturated carbocycles. The highest BCUT2D eigenvalue weighted by Crippen LogP contribution is 2.45. The number of fused-ring (bicyclic) bond motifs is 5. The Bertz CT molecular complexity index is 1450. The van der Waals surface area contributed by atoms with Crippen LogP contribution in [-0.2, 0) is 13.5 Å². The van der Waals surface area contributed by atoms with Crippen molar-refractivity contribution in [3.05, 3.63) is 77.0 Å². The number of aryl methyl sites for hydroxylation is 1. The number of hydrogen-bond acceptors (Lipinski definition) is 4. The van der Waals surface area contributed by atoms with Crippen molar-refractivity contribution in [2.24, 2.45) is 7.05 Å². The predicted octanol–water partition coefficient (Wildman–Crippen LogP) is 4.74. The number of benzene rings is 2. The van der Waals surface area contributed by atoms with E-state index in [1.165, 1.54) is 36.7 Å². The van der Waals surface area contributed by atoms with Gasteiger partial charge in [-0.25, -0.2) is 13.2 Å². The zero-order valence-electron chi connectivity index (χ0n) is 18.3. The third-order valence-electron chi connectivity index (χ3n) is 6.83. The van der Waals surface area contributed by atoms with Gasteiger partial charge in [-0.1, -0.05) is 0 Å². The lowest BCUT2D eigenvalue weighted by atomic mass is 9.81. The van der Waals surface area contributed by atoms with E-state index in [0.29, 0.717) is 40.8 Å². The maximum Gasteiger partial charge on any atom is 0.257 e. The van der Waals surface area contributed by atoms with Crippen LogP contribution in [0.4, 0.5) is 13.2 Å². The molecule has 2 unspecified atom stereocenters. The van der Waals surface area contributed by atoms with Gasteiger partial charge in [0.25, 0.3) is 5.91 Å². The average Bonchev–Trinajstić information content (AvgIpc) is 3.12. The second-order valence-corrected chi connectivity index (χ2v) is 8.89. The first-order valence-corrected chi connectivity index (χ1v) is 11.2. The van der Waals surface area contributed by atoms with E-state index < -0.39 is 23.4 Å². The number of hydrogen-bond donors (Lipinski definition) is 0. The summed E-state index contributed by atoms with van der Waals surface area (Å²) < 4.78 is 44.5. The summed E-state index contributed by atoms with van der Waals surface area (Å²) in [4.78, 5) is 23.7. The SMILES string of the molecule is Cn1nc2c(c1-c1cc(F)cc(F)c1)CC1CCCC2N1C(=O)c1cc2nccnc2cc1F. The molecule has 0 N–H and O–H groups in total. The topological polar surface area (TPSA) is 63.9 Å². The molecule has 9 heteroatoms. The number of rotatable bonds is 2. The van der Waals surface area contributed by atoms with Crippen LogP contribution >= 0.6 is 0 Å². The number of halogens is 3. The molecule has 4 heterocycles. The van der Waals surface area contributed by atoms with Crippen molar-refractivity contribution in [1.82, 2.24) is 24.6 Å². The minimum atomic E-state index is -0.660. The molecule has 0 spiro atoms. The van der Waals surface area contributed by atoms with Crippen LogP contribution < -0.4 is 0 Å². The number of amides is 1. The maximum atomic E-state index is 15.0. The molecule has 6 rings (SSSR count). The molecular formula is C25H20F3N5O. The summed E-state index contributed by atoms with van der Waals surface area (Å²) in [5.74, 6) is -2.37. The Kier molecular flexibility index (Phi) is 4.68. The molecule has 2 aliphatic rings. The highest BCUT2D eigenvalue weighted by atomic mass is 19.1. The predicted molar refractivity (Wildman–Crippen MR) is 118 cm³/mol. The Balaban J connectivity index is 1.44. The number of aromatic nitrogens is 4. The van der Waals surface area contributed by atoms with Crippen molar-refractivity contribution in [2.75, 3.05) is 0 Å². The van der Waals surface area contributed by atoms with E-state index in [4.69, 9.17) is 0 Å². The van der Waals surface area contributed by atoms with Crippen LogP contribution in [0.2, 0.25) is 0 Å². The first kappa shape index (κ1) is 20.8. The Labute approximate surface area is 193 Å². The number of carbonyl (C=O) groups is 1. The molecule has 172 valence electrons. The smallest absolute Gasteiger partial charge is 0.257 e. The van der Waals surface area contributed by atoms with Gasteiger partial charge in [-0.15, -0.1) is 0 Å². The van der Waals surface area contributed by atoms with Crippen LogP contribution in [-0.4, -0.2) is 36.6 Å². The molecule has 2 bridgehead atoms. The molecule has 0 radical (unpaired) electrons. The van der Waals surface area contributed by atoms with Gasteiger partial charge in [0.1, 0.15) is 17.5 Å². The monoisotopic (exact) mass is 463 g/mol. The summed E-state index contributed by atoms with van der Waals surface area (Å²) in [6.07, 6.45) is 5.80. The number of carbonyl (C=O) groups excluding carboxylic acids is 1. The van der Waals surface area contributed by atoms with Crippen LogP contribution in [0.3, 0.4) is 0 Å². The van der Waals surface area contributed by atoms with E-state index in [0.717, 1.165) is 24.5 Å². The van der Waals surface area contributed by atoms with Crippen molar-refractivity contribution in [2.45, 2.75) is 37.8 Å². The van der Waals surface area contributed by atoms with Crippen LogP contribution in [0.25, 0.3) is 22.3 Å². The molecule has 34 heavy (non-hydrogen) atoms.